The first kappa shape index (κ1) is 28.9. The van der Waals surface area contributed by atoms with Crippen molar-refractivity contribution in [3.63, 3.8) is 0 Å². The lowest BCUT2D eigenvalue weighted by atomic mass is 9.46. The molecule has 3 unspecified atom stereocenters. The molecule has 5 rings (SSSR count). The van der Waals surface area contributed by atoms with Crippen LogP contribution < -0.4 is 0 Å². The zero-order valence-corrected chi connectivity index (χ0v) is 25.4. The molecule has 0 aromatic rings. The average molecular weight is 533 g/mol. The molecule has 38 heavy (non-hydrogen) atoms. The van der Waals surface area contributed by atoms with Crippen LogP contribution in [0.15, 0.2) is 0 Å². The van der Waals surface area contributed by atoms with Gasteiger partial charge in [-0.1, -0.05) is 41.5 Å². The Labute approximate surface area is 231 Å². The van der Waals surface area contributed by atoms with E-state index in [1.165, 1.54) is 32.1 Å². The minimum absolute atomic E-state index is 0.00772. The standard InChI is InChI=1S/C33H56O5/c1-9-27(36)38-26(30(6,7)37)13-10-19(2)28-23(34)18-22-21-11-12-24-29(4,5)25(35)14-15-33(24)20(3)32(21,33)17-16-31(22,28)8/h19-26,28,34-35,37H,9-18H2,1-8H3/t19-,20+,21+,22?,23-,24?,25+,26+,28+,31+,32+,33?/m1/s1. The number of rotatable bonds is 7. The highest BCUT2D eigenvalue weighted by molar-refractivity contribution is 5.69. The molecule has 0 amide bonds. The number of aliphatic hydroxyl groups is 3. The third-order valence-electron chi connectivity index (χ3n) is 13.9. The van der Waals surface area contributed by atoms with Crippen molar-refractivity contribution in [1.82, 2.24) is 0 Å². The van der Waals surface area contributed by atoms with Crippen LogP contribution >= 0.6 is 0 Å². The summed E-state index contributed by atoms with van der Waals surface area (Å²) >= 11 is 0. The number of carbonyl (C=O) groups is 1. The molecule has 0 aliphatic heterocycles. The largest absolute Gasteiger partial charge is 0.459 e. The summed E-state index contributed by atoms with van der Waals surface area (Å²) in [4.78, 5) is 12.0. The predicted molar refractivity (Wildman–Crippen MR) is 149 cm³/mol. The molecule has 5 aliphatic carbocycles. The molecule has 0 aromatic carbocycles. The van der Waals surface area contributed by atoms with Crippen LogP contribution in [0.25, 0.3) is 0 Å². The minimum atomic E-state index is -1.08. The fourth-order valence-corrected chi connectivity index (χ4v) is 12.1. The van der Waals surface area contributed by atoms with E-state index in [0.29, 0.717) is 47.3 Å². The summed E-state index contributed by atoms with van der Waals surface area (Å²) in [6.45, 7) is 17.2. The Morgan fingerprint density at radius 2 is 1.68 bits per heavy atom. The fraction of sp³-hybridized carbons (Fsp3) is 0.970. The van der Waals surface area contributed by atoms with Gasteiger partial charge in [-0.2, -0.15) is 0 Å². The van der Waals surface area contributed by atoms with Crippen molar-refractivity contribution >= 4 is 5.97 Å². The molecule has 0 radical (unpaired) electrons. The molecule has 0 bridgehead atoms. The molecule has 2 spiro atoms. The van der Waals surface area contributed by atoms with Gasteiger partial charge in [0, 0.05) is 6.42 Å². The second-order valence-corrected chi connectivity index (χ2v) is 15.9. The van der Waals surface area contributed by atoms with Crippen LogP contribution in [-0.2, 0) is 9.53 Å². The molecule has 218 valence electrons. The van der Waals surface area contributed by atoms with Crippen molar-refractivity contribution in [1.29, 1.82) is 0 Å². The number of hydrogen-bond donors (Lipinski definition) is 3. The minimum Gasteiger partial charge on any atom is -0.459 e. The molecule has 5 fully saturated rings. The summed E-state index contributed by atoms with van der Waals surface area (Å²) in [5.41, 5.74) is -0.183. The number of carbonyl (C=O) groups excluding carboxylic acids is 1. The van der Waals surface area contributed by atoms with Gasteiger partial charge in [-0.05, 0) is 129 Å². The van der Waals surface area contributed by atoms with E-state index in [2.05, 4.69) is 34.6 Å². The summed E-state index contributed by atoms with van der Waals surface area (Å²) in [6.07, 6.45) is 8.71. The molecule has 3 N–H and O–H groups in total. The van der Waals surface area contributed by atoms with Crippen LogP contribution in [0.3, 0.4) is 0 Å². The van der Waals surface area contributed by atoms with E-state index in [1.54, 1.807) is 20.8 Å². The summed E-state index contributed by atoms with van der Waals surface area (Å²) in [5.74, 6) is 2.83. The summed E-state index contributed by atoms with van der Waals surface area (Å²) in [7, 11) is 0. The maximum Gasteiger partial charge on any atom is 0.305 e. The highest BCUT2D eigenvalue weighted by Crippen LogP contribution is 2.89. The first-order valence-corrected chi connectivity index (χ1v) is 15.9. The van der Waals surface area contributed by atoms with Gasteiger partial charge in [0.1, 0.15) is 6.10 Å². The van der Waals surface area contributed by atoms with Crippen molar-refractivity contribution in [2.24, 2.45) is 57.2 Å². The van der Waals surface area contributed by atoms with Gasteiger partial charge < -0.3 is 20.1 Å². The Morgan fingerprint density at radius 3 is 2.32 bits per heavy atom. The second-order valence-electron chi connectivity index (χ2n) is 15.9. The molecule has 5 heteroatoms. The Morgan fingerprint density at radius 1 is 1.00 bits per heavy atom. The van der Waals surface area contributed by atoms with E-state index in [9.17, 15) is 20.1 Å². The smallest absolute Gasteiger partial charge is 0.305 e. The Balaban J connectivity index is 1.35. The van der Waals surface area contributed by atoms with Crippen LogP contribution in [0.1, 0.15) is 120 Å². The fourth-order valence-electron chi connectivity index (χ4n) is 12.1. The molecular weight excluding hydrogens is 476 g/mol. The lowest BCUT2D eigenvalue weighted by Crippen LogP contribution is -2.54. The Kier molecular flexibility index (Phi) is 6.97. The lowest BCUT2D eigenvalue weighted by Gasteiger charge is -2.59. The molecule has 12 atom stereocenters. The van der Waals surface area contributed by atoms with Crippen molar-refractivity contribution in [3.8, 4) is 0 Å². The molecule has 5 aliphatic rings. The summed E-state index contributed by atoms with van der Waals surface area (Å²) < 4.78 is 5.64. The molecule has 5 saturated carbocycles. The van der Waals surface area contributed by atoms with Crippen LogP contribution in [0.2, 0.25) is 0 Å². The Hall–Kier alpha value is -0.650. The van der Waals surface area contributed by atoms with Gasteiger partial charge in [0.2, 0.25) is 0 Å². The number of hydrogen-bond acceptors (Lipinski definition) is 5. The van der Waals surface area contributed by atoms with E-state index < -0.39 is 11.7 Å². The highest BCUT2D eigenvalue weighted by Gasteiger charge is 2.84. The first-order valence-electron chi connectivity index (χ1n) is 15.9. The quantitative estimate of drug-likeness (QED) is 0.344. The number of ether oxygens (including phenoxy) is 1. The van der Waals surface area contributed by atoms with E-state index >= 15 is 0 Å². The third-order valence-corrected chi connectivity index (χ3v) is 13.9. The number of aliphatic hydroxyl groups excluding tert-OH is 2. The van der Waals surface area contributed by atoms with Gasteiger partial charge in [0.05, 0.1) is 17.8 Å². The van der Waals surface area contributed by atoms with Crippen molar-refractivity contribution in [3.05, 3.63) is 0 Å². The zero-order chi connectivity index (χ0) is 28.1. The SMILES string of the molecule is CCC(=O)O[C@@H](CC[C@@H](C)[C@H]1[C@H](O)CC2[C@@H]3CCC4C(C)(C)[C@@H](O)CCC45[C@@H](C)[C@@]35CC[C@@]21C)C(C)(C)O. The molecular formula is C33H56O5. The van der Waals surface area contributed by atoms with E-state index in [4.69, 9.17) is 4.74 Å². The van der Waals surface area contributed by atoms with Gasteiger partial charge in [0.15, 0.2) is 0 Å². The predicted octanol–water partition coefficient (Wildman–Crippen LogP) is 6.12. The average Bonchev–Trinajstić information content (AvgIpc) is 3.23. The first-order chi connectivity index (χ1) is 17.6. The molecule has 0 aromatic heterocycles. The van der Waals surface area contributed by atoms with Crippen molar-refractivity contribution in [2.75, 3.05) is 0 Å². The van der Waals surface area contributed by atoms with Crippen LogP contribution in [0.5, 0.6) is 0 Å². The van der Waals surface area contributed by atoms with E-state index in [-0.39, 0.29) is 34.9 Å². The van der Waals surface area contributed by atoms with Gasteiger partial charge in [-0.3, -0.25) is 4.79 Å². The van der Waals surface area contributed by atoms with Crippen molar-refractivity contribution < 1.29 is 24.9 Å². The van der Waals surface area contributed by atoms with Gasteiger partial charge in [0.25, 0.3) is 0 Å². The van der Waals surface area contributed by atoms with Crippen molar-refractivity contribution in [2.45, 2.75) is 144 Å². The molecule has 0 saturated heterocycles. The Bertz CT molecular complexity index is 923. The highest BCUT2D eigenvalue weighted by atomic mass is 16.6. The van der Waals surface area contributed by atoms with E-state index in [0.717, 1.165) is 25.2 Å². The number of esters is 1. The van der Waals surface area contributed by atoms with Crippen LogP contribution in [0, 0.1) is 57.2 Å². The van der Waals surface area contributed by atoms with Gasteiger partial charge in [-0.25, -0.2) is 0 Å². The molecule has 0 heterocycles. The summed E-state index contributed by atoms with van der Waals surface area (Å²) in [6, 6.07) is 0. The normalized spacial score (nSPS) is 48.7. The summed E-state index contributed by atoms with van der Waals surface area (Å²) in [5, 5.41) is 33.2. The topological polar surface area (TPSA) is 87.0 Å². The maximum absolute atomic E-state index is 12.0. The molecule has 5 nitrogen and oxygen atoms in total. The van der Waals surface area contributed by atoms with Gasteiger partial charge >= 0.3 is 5.97 Å². The number of fused-ring (bicyclic) bond motifs is 2. The van der Waals surface area contributed by atoms with Crippen LogP contribution in [-0.4, -0.2) is 45.2 Å². The lowest BCUT2D eigenvalue weighted by molar-refractivity contribution is -0.163. The second kappa shape index (κ2) is 9.18. The maximum atomic E-state index is 12.0. The van der Waals surface area contributed by atoms with E-state index in [1.807, 2.05) is 0 Å². The van der Waals surface area contributed by atoms with Gasteiger partial charge in [-0.15, -0.1) is 0 Å². The zero-order valence-electron chi connectivity index (χ0n) is 25.4. The third kappa shape index (κ3) is 3.76. The monoisotopic (exact) mass is 532 g/mol. The van der Waals surface area contributed by atoms with Crippen LogP contribution in [0.4, 0.5) is 0 Å².